The summed E-state index contributed by atoms with van der Waals surface area (Å²) in [6, 6.07) is 6.17. The molecule has 11 heteroatoms. The van der Waals surface area contributed by atoms with E-state index in [-0.39, 0.29) is 16.7 Å². The topological polar surface area (TPSA) is 67.2 Å². The lowest BCUT2D eigenvalue weighted by Gasteiger charge is -2.35. The lowest BCUT2D eigenvalue weighted by molar-refractivity contribution is -0.137. The van der Waals surface area contributed by atoms with Gasteiger partial charge in [0.2, 0.25) is 0 Å². The van der Waals surface area contributed by atoms with Crippen LogP contribution in [0.2, 0.25) is 5.02 Å². The van der Waals surface area contributed by atoms with Gasteiger partial charge in [-0.05, 0) is 31.2 Å². The summed E-state index contributed by atoms with van der Waals surface area (Å²) in [4.78, 5) is 20.2. The van der Waals surface area contributed by atoms with E-state index in [1.807, 2.05) is 13.0 Å². The highest BCUT2D eigenvalue weighted by molar-refractivity contribution is 6.33. The lowest BCUT2D eigenvalue weighted by atomic mass is 10.1. The smallest absolute Gasteiger partial charge is 0.352 e. The van der Waals surface area contributed by atoms with Gasteiger partial charge in [0.1, 0.15) is 11.3 Å². The molecule has 0 radical (unpaired) electrons. The summed E-state index contributed by atoms with van der Waals surface area (Å²) in [5, 5.41) is 8.08. The van der Waals surface area contributed by atoms with E-state index in [4.69, 9.17) is 11.6 Å². The molecule has 1 saturated heterocycles. The van der Waals surface area contributed by atoms with Gasteiger partial charge in [-0.2, -0.15) is 13.2 Å². The largest absolute Gasteiger partial charge is 0.417 e. The molecule has 3 heterocycles. The molecule has 1 amide bonds. The van der Waals surface area contributed by atoms with Crippen LogP contribution in [0.15, 0.2) is 30.5 Å². The van der Waals surface area contributed by atoms with Crippen LogP contribution < -0.4 is 4.90 Å². The molecule has 3 aromatic rings. The maximum Gasteiger partial charge on any atom is 0.417 e. The Morgan fingerprint density at radius 2 is 1.90 bits per heavy atom. The highest BCUT2D eigenvalue weighted by Crippen LogP contribution is 2.33. The fraction of sp³-hybridized carbons (Fsp3) is 0.368. The Morgan fingerprint density at radius 3 is 2.53 bits per heavy atom. The summed E-state index contributed by atoms with van der Waals surface area (Å²) in [6.45, 7) is 4.28. The molecule has 0 unspecified atom stereocenters. The predicted molar refractivity (Wildman–Crippen MR) is 106 cm³/mol. The minimum absolute atomic E-state index is 0.0611. The number of piperazine rings is 1. The number of benzene rings is 1. The van der Waals surface area contributed by atoms with Gasteiger partial charge in [0.25, 0.3) is 5.91 Å². The highest BCUT2D eigenvalue weighted by Gasteiger charge is 2.32. The van der Waals surface area contributed by atoms with Crippen molar-refractivity contribution in [3.05, 3.63) is 46.6 Å². The molecule has 0 N–H and O–H groups in total. The molecule has 30 heavy (non-hydrogen) atoms. The molecule has 1 aliphatic heterocycles. The number of carbonyl (C=O) groups is 1. The maximum atomic E-state index is 12.9. The van der Waals surface area contributed by atoms with Crippen LogP contribution in [0.3, 0.4) is 0 Å². The van der Waals surface area contributed by atoms with Gasteiger partial charge in [-0.25, -0.2) is 9.67 Å². The van der Waals surface area contributed by atoms with Crippen molar-refractivity contribution < 1.29 is 18.0 Å². The zero-order chi connectivity index (χ0) is 21.5. The summed E-state index contributed by atoms with van der Waals surface area (Å²) in [7, 11) is 0. The number of fused-ring (bicyclic) bond motifs is 1. The predicted octanol–water partition coefficient (Wildman–Crippen LogP) is 3.48. The normalized spacial score (nSPS) is 15.1. The number of hydrogen-bond acceptors (Lipinski definition) is 5. The van der Waals surface area contributed by atoms with Crippen molar-refractivity contribution in [3.63, 3.8) is 0 Å². The fourth-order valence-corrected chi connectivity index (χ4v) is 3.75. The Bertz CT molecular complexity index is 1090. The summed E-state index contributed by atoms with van der Waals surface area (Å²) in [6.07, 6.45) is -3.72. The van der Waals surface area contributed by atoms with E-state index in [2.05, 4.69) is 15.3 Å². The summed E-state index contributed by atoms with van der Waals surface area (Å²) >= 11 is 6.03. The van der Waals surface area contributed by atoms with Gasteiger partial charge in [0.05, 0.1) is 16.1 Å². The first kappa shape index (κ1) is 20.4. The lowest BCUT2D eigenvalue weighted by Crippen LogP contribution is -2.49. The molecule has 4 rings (SSSR count). The molecule has 0 atom stereocenters. The molecule has 1 aliphatic rings. The molecule has 158 valence electrons. The van der Waals surface area contributed by atoms with Gasteiger partial charge >= 0.3 is 6.18 Å². The Hall–Kier alpha value is -2.88. The quantitative estimate of drug-likeness (QED) is 0.626. The second kappa shape index (κ2) is 7.75. The number of anilines is 1. The second-order valence-electron chi connectivity index (χ2n) is 6.92. The van der Waals surface area contributed by atoms with Crippen LogP contribution in [0.1, 0.15) is 22.8 Å². The Balaban J connectivity index is 1.45. The number of aromatic nitrogens is 4. The van der Waals surface area contributed by atoms with Crippen LogP contribution >= 0.6 is 11.6 Å². The Kier molecular flexibility index (Phi) is 5.27. The molecule has 1 fully saturated rings. The standard InChI is InChI=1S/C19H18ClF3N6O/c1-2-29-16-4-3-12(9-15(16)25-26-29)18(30)28-7-5-27(6-8-28)17-14(20)10-13(11-24-17)19(21,22)23/h3-4,9-11H,2,5-8H2,1H3. The van der Waals surface area contributed by atoms with E-state index in [0.29, 0.717) is 43.8 Å². The monoisotopic (exact) mass is 438 g/mol. The molecular weight excluding hydrogens is 421 g/mol. The van der Waals surface area contributed by atoms with Crippen molar-refractivity contribution in [2.24, 2.45) is 0 Å². The minimum atomic E-state index is -4.50. The number of alkyl halides is 3. The van der Waals surface area contributed by atoms with Gasteiger partial charge in [-0.1, -0.05) is 16.8 Å². The van der Waals surface area contributed by atoms with Crippen LogP contribution in [0.25, 0.3) is 11.0 Å². The number of carbonyl (C=O) groups excluding carboxylic acids is 1. The van der Waals surface area contributed by atoms with Crippen LogP contribution in [0.5, 0.6) is 0 Å². The van der Waals surface area contributed by atoms with Crippen molar-refractivity contribution in [2.45, 2.75) is 19.6 Å². The Morgan fingerprint density at radius 1 is 1.17 bits per heavy atom. The average molecular weight is 439 g/mol. The van der Waals surface area contributed by atoms with Gasteiger partial charge < -0.3 is 9.80 Å². The minimum Gasteiger partial charge on any atom is -0.352 e. The Labute approximate surface area is 175 Å². The zero-order valence-electron chi connectivity index (χ0n) is 16.0. The van der Waals surface area contributed by atoms with E-state index in [9.17, 15) is 18.0 Å². The van der Waals surface area contributed by atoms with E-state index in [1.54, 1.807) is 26.6 Å². The molecule has 0 bridgehead atoms. The number of pyridine rings is 1. The van der Waals surface area contributed by atoms with Gasteiger partial charge in [-0.3, -0.25) is 4.79 Å². The van der Waals surface area contributed by atoms with Crippen LogP contribution in [-0.2, 0) is 12.7 Å². The van der Waals surface area contributed by atoms with Gasteiger partial charge in [0.15, 0.2) is 0 Å². The first-order chi connectivity index (χ1) is 14.3. The van der Waals surface area contributed by atoms with Crippen molar-refractivity contribution in [3.8, 4) is 0 Å². The van der Waals surface area contributed by atoms with Crippen molar-refractivity contribution in [1.29, 1.82) is 0 Å². The van der Waals surface area contributed by atoms with Crippen molar-refractivity contribution in [2.75, 3.05) is 31.1 Å². The third kappa shape index (κ3) is 3.79. The maximum absolute atomic E-state index is 12.9. The number of nitrogens with zero attached hydrogens (tertiary/aromatic N) is 6. The number of aryl methyl sites for hydroxylation is 1. The van der Waals surface area contributed by atoms with Crippen molar-refractivity contribution >= 4 is 34.4 Å². The molecule has 1 aromatic carbocycles. The fourth-order valence-electron chi connectivity index (χ4n) is 3.46. The highest BCUT2D eigenvalue weighted by atomic mass is 35.5. The number of rotatable bonds is 3. The first-order valence-electron chi connectivity index (χ1n) is 9.38. The third-order valence-electron chi connectivity index (χ3n) is 5.08. The summed E-state index contributed by atoms with van der Waals surface area (Å²) < 4.78 is 40.1. The first-order valence-corrected chi connectivity index (χ1v) is 9.76. The molecule has 0 aliphatic carbocycles. The van der Waals surface area contributed by atoms with Crippen molar-refractivity contribution in [1.82, 2.24) is 24.9 Å². The number of halogens is 4. The average Bonchev–Trinajstić information content (AvgIpc) is 3.15. The SMILES string of the molecule is CCn1nnc2cc(C(=O)N3CCN(c4ncc(C(F)(F)F)cc4Cl)CC3)ccc21. The van der Waals surface area contributed by atoms with E-state index < -0.39 is 11.7 Å². The van der Waals surface area contributed by atoms with Crippen LogP contribution in [0, 0.1) is 0 Å². The van der Waals surface area contributed by atoms with Gasteiger partial charge in [-0.15, -0.1) is 5.10 Å². The molecule has 7 nitrogen and oxygen atoms in total. The van der Waals surface area contributed by atoms with E-state index in [0.717, 1.165) is 17.8 Å². The van der Waals surface area contributed by atoms with E-state index >= 15 is 0 Å². The summed E-state index contributed by atoms with van der Waals surface area (Å²) in [5.41, 5.74) is 1.15. The number of hydrogen-bond donors (Lipinski definition) is 0. The van der Waals surface area contributed by atoms with Gasteiger partial charge in [0, 0.05) is 44.5 Å². The summed E-state index contributed by atoms with van der Waals surface area (Å²) in [5.74, 6) is 0.156. The second-order valence-corrected chi connectivity index (χ2v) is 7.32. The zero-order valence-corrected chi connectivity index (χ0v) is 16.8. The number of amides is 1. The molecular formula is C19H18ClF3N6O. The molecule has 0 saturated carbocycles. The van der Waals surface area contributed by atoms with Crippen LogP contribution in [-0.4, -0.2) is 57.0 Å². The molecule has 0 spiro atoms. The van der Waals surface area contributed by atoms with E-state index in [1.165, 1.54) is 0 Å². The van der Waals surface area contributed by atoms with Crippen LogP contribution in [0.4, 0.5) is 19.0 Å². The third-order valence-corrected chi connectivity index (χ3v) is 5.35. The molecule has 2 aromatic heterocycles.